The van der Waals surface area contributed by atoms with Crippen molar-refractivity contribution < 1.29 is 45.9 Å². The van der Waals surface area contributed by atoms with Crippen LogP contribution in [-0.2, 0) is 21.1 Å². The number of hydrogen-bond acceptors (Lipinski definition) is 0. The fraction of sp³-hybridized carbons (Fsp3) is 0.429. The zero-order valence-electron chi connectivity index (χ0n) is 5.17. The smallest absolute Gasteiger partial charge is 1.00 e. The maximum atomic E-state index is 3.24. The zero-order valence-corrected chi connectivity index (χ0v) is 8.95. The van der Waals surface area contributed by atoms with Gasteiger partial charge in [-0.15, -0.1) is 6.08 Å². The number of allylic oxidation sites excluding steroid dienone is 4. The van der Waals surface area contributed by atoms with Gasteiger partial charge >= 0.3 is 21.1 Å². The van der Waals surface area contributed by atoms with Crippen molar-refractivity contribution in [3.05, 3.63) is 24.3 Å². The standard InChI is InChI=1S/C7H7.2ClH.Pt/c1-2-7-4-3-6(1)5-7;;;/h1-3,6-7H,5H2;2*1H;/q-1;;;+2/p-2. The second-order valence-corrected chi connectivity index (χ2v) is 2.22. The third-order valence-corrected chi connectivity index (χ3v) is 1.64. The molecule has 0 aromatic heterocycles. The van der Waals surface area contributed by atoms with Gasteiger partial charge in [0, 0.05) is 0 Å². The van der Waals surface area contributed by atoms with E-state index in [4.69, 9.17) is 0 Å². The summed E-state index contributed by atoms with van der Waals surface area (Å²) in [5.74, 6) is 1.44. The van der Waals surface area contributed by atoms with Crippen molar-refractivity contribution in [1.82, 2.24) is 0 Å². The monoisotopic (exact) mass is 356 g/mol. The summed E-state index contributed by atoms with van der Waals surface area (Å²) in [6.45, 7) is 0. The van der Waals surface area contributed by atoms with Crippen molar-refractivity contribution in [1.29, 1.82) is 0 Å². The molecular formula is C7H7Cl2Pt-. The third kappa shape index (κ3) is 2.41. The Hall–Kier alpha value is 0.748. The molecule has 0 saturated carbocycles. The molecule has 2 bridgehead atoms. The van der Waals surface area contributed by atoms with Gasteiger partial charge in [0.2, 0.25) is 0 Å². The topological polar surface area (TPSA) is 0 Å². The van der Waals surface area contributed by atoms with E-state index in [1.54, 1.807) is 0 Å². The SMILES string of the molecule is [C-]1=CC2C=CC1C2.[Cl-].[Cl-].[Pt+2]. The Morgan fingerprint density at radius 3 is 2.00 bits per heavy atom. The van der Waals surface area contributed by atoms with Crippen molar-refractivity contribution >= 4 is 0 Å². The fourth-order valence-corrected chi connectivity index (χ4v) is 1.22. The van der Waals surface area contributed by atoms with Gasteiger partial charge in [0.15, 0.2) is 0 Å². The molecular weight excluding hydrogens is 350 g/mol. The average molecular weight is 357 g/mol. The van der Waals surface area contributed by atoms with Crippen molar-refractivity contribution in [2.24, 2.45) is 11.8 Å². The fourth-order valence-electron chi connectivity index (χ4n) is 1.22. The van der Waals surface area contributed by atoms with Crippen LogP contribution in [0, 0.1) is 17.9 Å². The Labute approximate surface area is 88.2 Å². The van der Waals surface area contributed by atoms with Crippen LogP contribution in [0.25, 0.3) is 0 Å². The summed E-state index contributed by atoms with van der Waals surface area (Å²) < 4.78 is 0. The molecule has 0 nitrogen and oxygen atoms in total. The van der Waals surface area contributed by atoms with Crippen molar-refractivity contribution in [2.45, 2.75) is 6.42 Å². The van der Waals surface area contributed by atoms with Crippen LogP contribution in [0.15, 0.2) is 18.2 Å². The Bertz CT molecular complexity index is 115. The molecule has 2 unspecified atom stereocenters. The first-order valence-electron chi connectivity index (χ1n) is 2.73. The van der Waals surface area contributed by atoms with Gasteiger partial charge in [-0.25, -0.2) is 0 Å². The quantitative estimate of drug-likeness (QED) is 0.303. The molecule has 60 valence electrons. The van der Waals surface area contributed by atoms with Gasteiger partial charge in [-0.3, -0.25) is 6.08 Å². The van der Waals surface area contributed by atoms with E-state index in [1.807, 2.05) is 0 Å². The number of rotatable bonds is 0. The van der Waals surface area contributed by atoms with Crippen molar-refractivity contribution in [3.8, 4) is 0 Å². The van der Waals surface area contributed by atoms with Gasteiger partial charge in [0.05, 0.1) is 0 Å². The molecule has 10 heavy (non-hydrogen) atoms. The molecule has 0 N–H and O–H groups in total. The molecule has 0 amide bonds. The molecule has 2 aliphatic carbocycles. The van der Waals surface area contributed by atoms with E-state index in [0.717, 1.165) is 5.92 Å². The number of fused-ring (bicyclic) bond motifs is 2. The second-order valence-electron chi connectivity index (χ2n) is 2.22. The summed E-state index contributed by atoms with van der Waals surface area (Å²) in [6, 6.07) is 0. The molecule has 0 radical (unpaired) electrons. The molecule has 0 spiro atoms. The van der Waals surface area contributed by atoms with E-state index in [0.29, 0.717) is 5.92 Å². The molecule has 2 aliphatic rings. The molecule has 3 heteroatoms. The molecule has 0 aromatic carbocycles. The Balaban J connectivity index is 0. The summed E-state index contributed by atoms with van der Waals surface area (Å²) in [7, 11) is 0. The first-order valence-corrected chi connectivity index (χ1v) is 2.73. The number of hydrogen-bond donors (Lipinski definition) is 0. The maximum Gasteiger partial charge on any atom is 2.00 e. The molecule has 0 aromatic rings. The van der Waals surface area contributed by atoms with E-state index >= 15 is 0 Å². The van der Waals surface area contributed by atoms with Crippen LogP contribution >= 0.6 is 0 Å². The van der Waals surface area contributed by atoms with Crippen LogP contribution in [0.3, 0.4) is 0 Å². The normalized spacial score (nSPS) is 30.4. The second kappa shape index (κ2) is 5.41. The largest absolute Gasteiger partial charge is 2.00 e. The molecule has 0 fully saturated rings. The van der Waals surface area contributed by atoms with Gasteiger partial charge in [0.1, 0.15) is 0 Å². The van der Waals surface area contributed by atoms with Crippen LogP contribution < -0.4 is 24.8 Å². The summed E-state index contributed by atoms with van der Waals surface area (Å²) in [4.78, 5) is 0. The van der Waals surface area contributed by atoms with Gasteiger partial charge in [-0.05, 0) is 5.92 Å². The number of halogens is 2. The van der Waals surface area contributed by atoms with Gasteiger partial charge in [-0.2, -0.15) is 5.92 Å². The summed E-state index contributed by atoms with van der Waals surface area (Å²) in [5, 5.41) is 0. The van der Waals surface area contributed by atoms with Crippen LogP contribution in [0.5, 0.6) is 0 Å². The minimum Gasteiger partial charge on any atom is -1.00 e. The van der Waals surface area contributed by atoms with E-state index < -0.39 is 0 Å². The minimum absolute atomic E-state index is 0. The van der Waals surface area contributed by atoms with E-state index in [1.165, 1.54) is 6.42 Å². The predicted octanol–water partition coefficient (Wildman–Crippen LogP) is -4.44. The minimum atomic E-state index is 0. The molecule has 0 heterocycles. The Morgan fingerprint density at radius 1 is 1.20 bits per heavy atom. The van der Waals surface area contributed by atoms with Gasteiger partial charge < -0.3 is 30.9 Å². The summed E-state index contributed by atoms with van der Waals surface area (Å²) in [5.41, 5.74) is 0. The summed E-state index contributed by atoms with van der Waals surface area (Å²) >= 11 is 0. The van der Waals surface area contributed by atoms with E-state index in [-0.39, 0.29) is 45.9 Å². The van der Waals surface area contributed by atoms with Gasteiger partial charge in [0.25, 0.3) is 0 Å². The first-order chi connectivity index (χ1) is 3.45. The van der Waals surface area contributed by atoms with Crippen LogP contribution in [0.2, 0.25) is 0 Å². The molecule has 2 rings (SSSR count). The Morgan fingerprint density at radius 2 is 1.90 bits per heavy atom. The van der Waals surface area contributed by atoms with Crippen LogP contribution in [0.4, 0.5) is 0 Å². The predicted molar refractivity (Wildman–Crippen MR) is 28.5 cm³/mol. The Kier molecular flexibility index (Phi) is 7.21. The molecule has 0 saturated heterocycles. The van der Waals surface area contributed by atoms with Crippen molar-refractivity contribution in [3.63, 3.8) is 0 Å². The third-order valence-electron chi connectivity index (χ3n) is 1.64. The van der Waals surface area contributed by atoms with Crippen LogP contribution in [0.1, 0.15) is 6.42 Å². The zero-order chi connectivity index (χ0) is 4.69. The molecule has 0 aliphatic heterocycles. The van der Waals surface area contributed by atoms with Crippen LogP contribution in [-0.4, -0.2) is 0 Å². The van der Waals surface area contributed by atoms with Gasteiger partial charge in [-0.1, -0.05) is 12.5 Å². The summed E-state index contributed by atoms with van der Waals surface area (Å²) in [6.07, 6.45) is 11.2. The van der Waals surface area contributed by atoms with E-state index in [9.17, 15) is 0 Å². The first kappa shape index (κ1) is 13.3. The van der Waals surface area contributed by atoms with E-state index in [2.05, 4.69) is 24.3 Å². The molecule has 2 atom stereocenters. The van der Waals surface area contributed by atoms with Crippen molar-refractivity contribution in [2.75, 3.05) is 0 Å². The maximum absolute atomic E-state index is 3.24. The average Bonchev–Trinajstić information content (AvgIpc) is 2.22.